The Hall–Kier alpha value is -0.610. The summed E-state index contributed by atoms with van der Waals surface area (Å²) in [5.74, 6) is 1.29. The summed E-state index contributed by atoms with van der Waals surface area (Å²) in [5.41, 5.74) is 0. The maximum atomic E-state index is 12.6. The number of hydrogen-bond acceptors (Lipinski definition) is 3. The molecule has 2 aliphatic rings. The molecule has 1 amide bonds. The van der Waals surface area contributed by atoms with Gasteiger partial charge in [0.2, 0.25) is 5.91 Å². The first-order chi connectivity index (χ1) is 9.49. The number of hydrogen-bond donors (Lipinski definition) is 1. The van der Waals surface area contributed by atoms with E-state index in [1.54, 1.807) is 0 Å². The standard InChI is InChI=1S/C16H31N3O/c1-12(2)11-14-17-15(13(3)4)16(20)19(14)10-9-18-7-5-6-8-18/h12-15,17H,5-11H2,1-4H3. The highest BCUT2D eigenvalue weighted by Gasteiger charge is 2.40. The monoisotopic (exact) mass is 281 g/mol. The third kappa shape index (κ3) is 3.73. The highest BCUT2D eigenvalue weighted by Crippen LogP contribution is 2.21. The van der Waals surface area contributed by atoms with Crippen LogP contribution in [0.5, 0.6) is 0 Å². The molecule has 0 aromatic heterocycles. The summed E-state index contributed by atoms with van der Waals surface area (Å²) in [7, 11) is 0. The van der Waals surface area contributed by atoms with Crippen molar-refractivity contribution in [2.45, 2.75) is 59.2 Å². The average Bonchev–Trinajstić information content (AvgIpc) is 2.95. The third-order valence-electron chi connectivity index (χ3n) is 4.51. The highest BCUT2D eigenvalue weighted by atomic mass is 16.2. The number of carbonyl (C=O) groups is 1. The number of amides is 1. The minimum atomic E-state index is 0.0114. The molecule has 2 fully saturated rings. The summed E-state index contributed by atoms with van der Waals surface area (Å²) in [6.45, 7) is 13.0. The minimum absolute atomic E-state index is 0.0114. The van der Waals surface area contributed by atoms with E-state index in [0.717, 1.165) is 19.5 Å². The lowest BCUT2D eigenvalue weighted by molar-refractivity contribution is -0.131. The van der Waals surface area contributed by atoms with Crippen LogP contribution >= 0.6 is 0 Å². The van der Waals surface area contributed by atoms with Crippen LogP contribution in [0.15, 0.2) is 0 Å². The fraction of sp³-hybridized carbons (Fsp3) is 0.938. The van der Waals surface area contributed by atoms with Gasteiger partial charge in [0.1, 0.15) is 0 Å². The number of nitrogens with one attached hydrogen (secondary N) is 1. The largest absolute Gasteiger partial charge is 0.324 e. The van der Waals surface area contributed by atoms with Gasteiger partial charge in [-0.3, -0.25) is 10.1 Å². The maximum absolute atomic E-state index is 12.6. The van der Waals surface area contributed by atoms with E-state index in [0.29, 0.717) is 17.7 Å². The average molecular weight is 281 g/mol. The summed E-state index contributed by atoms with van der Waals surface area (Å²) in [5, 5.41) is 3.55. The lowest BCUT2D eigenvalue weighted by Crippen LogP contribution is -2.42. The first kappa shape index (κ1) is 15.8. The Morgan fingerprint density at radius 3 is 2.35 bits per heavy atom. The van der Waals surface area contributed by atoms with Gasteiger partial charge in [-0.15, -0.1) is 0 Å². The van der Waals surface area contributed by atoms with Crippen molar-refractivity contribution in [3.63, 3.8) is 0 Å². The van der Waals surface area contributed by atoms with E-state index < -0.39 is 0 Å². The van der Waals surface area contributed by atoms with Gasteiger partial charge < -0.3 is 9.80 Å². The van der Waals surface area contributed by atoms with Crippen molar-refractivity contribution in [3.8, 4) is 0 Å². The zero-order chi connectivity index (χ0) is 14.7. The molecule has 0 spiro atoms. The zero-order valence-electron chi connectivity index (χ0n) is 13.6. The topological polar surface area (TPSA) is 35.6 Å². The number of rotatable bonds is 6. The molecule has 2 rings (SSSR count). The van der Waals surface area contributed by atoms with E-state index in [4.69, 9.17) is 0 Å². The van der Waals surface area contributed by atoms with Crippen LogP contribution in [0.2, 0.25) is 0 Å². The molecule has 2 heterocycles. The van der Waals surface area contributed by atoms with Crippen LogP contribution in [-0.2, 0) is 4.79 Å². The molecule has 1 N–H and O–H groups in total. The molecule has 20 heavy (non-hydrogen) atoms. The number of nitrogens with zero attached hydrogens (tertiary/aromatic N) is 2. The van der Waals surface area contributed by atoms with Crippen LogP contribution in [0, 0.1) is 11.8 Å². The molecule has 4 heteroatoms. The van der Waals surface area contributed by atoms with Gasteiger partial charge in [-0.05, 0) is 44.2 Å². The van der Waals surface area contributed by atoms with Gasteiger partial charge in [0.05, 0.1) is 12.2 Å². The molecule has 0 aromatic carbocycles. The second-order valence-electron chi connectivity index (χ2n) is 7.11. The van der Waals surface area contributed by atoms with Crippen molar-refractivity contribution in [1.29, 1.82) is 0 Å². The molecule has 116 valence electrons. The number of likely N-dealkylation sites (tertiary alicyclic amines) is 1. The first-order valence-electron chi connectivity index (χ1n) is 8.28. The molecule has 2 saturated heterocycles. The van der Waals surface area contributed by atoms with Gasteiger partial charge in [-0.2, -0.15) is 0 Å². The zero-order valence-corrected chi connectivity index (χ0v) is 13.6. The number of carbonyl (C=O) groups excluding carboxylic acids is 1. The van der Waals surface area contributed by atoms with E-state index in [1.807, 2.05) is 0 Å². The van der Waals surface area contributed by atoms with E-state index >= 15 is 0 Å². The Morgan fingerprint density at radius 1 is 1.15 bits per heavy atom. The third-order valence-corrected chi connectivity index (χ3v) is 4.51. The van der Waals surface area contributed by atoms with Crippen molar-refractivity contribution in [2.24, 2.45) is 11.8 Å². The van der Waals surface area contributed by atoms with E-state index in [1.165, 1.54) is 25.9 Å². The lowest BCUT2D eigenvalue weighted by Gasteiger charge is -2.27. The fourth-order valence-electron chi connectivity index (χ4n) is 3.34. The fourth-order valence-corrected chi connectivity index (χ4v) is 3.34. The molecule has 4 nitrogen and oxygen atoms in total. The molecule has 2 atom stereocenters. The van der Waals surface area contributed by atoms with Crippen molar-refractivity contribution < 1.29 is 4.79 Å². The molecular weight excluding hydrogens is 250 g/mol. The Labute approximate surface area is 123 Å². The van der Waals surface area contributed by atoms with Crippen molar-refractivity contribution in [3.05, 3.63) is 0 Å². The highest BCUT2D eigenvalue weighted by molar-refractivity contribution is 5.84. The molecule has 0 saturated carbocycles. The molecule has 0 bridgehead atoms. The second kappa shape index (κ2) is 6.90. The van der Waals surface area contributed by atoms with Crippen LogP contribution < -0.4 is 5.32 Å². The second-order valence-corrected chi connectivity index (χ2v) is 7.11. The van der Waals surface area contributed by atoms with Gasteiger partial charge in [-0.1, -0.05) is 27.7 Å². The van der Waals surface area contributed by atoms with E-state index in [9.17, 15) is 4.79 Å². The molecular formula is C16H31N3O. The minimum Gasteiger partial charge on any atom is -0.324 e. The molecule has 0 aromatic rings. The smallest absolute Gasteiger partial charge is 0.241 e. The Balaban J connectivity index is 1.95. The summed E-state index contributed by atoms with van der Waals surface area (Å²) in [6.07, 6.45) is 3.92. The Bertz CT molecular complexity index is 324. The summed E-state index contributed by atoms with van der Waals surface area (Å²) < 4.78 is 0. The SMILES string of the molecule is CC(C)CC1NC(C(C)C)C(=O)N1CCN1CCCC1. The van der Waals surface area contributed by atoms with Crippen LogP contribution in [0.3, 0.4) is 0 Å². The summed E-state index contributed by atoms with van der Waals surface area (Å²) in [4.78, 5) is 17.2. The van der Waals surface area contributed by atoms with Crippen LogP contribution in [-0.4, -0.2) is 54.1 Å². The van der Waals surface area contributed by atoms with Crippen LogP contribution in [0.25, 0.3) is 0 Å². The maximum Gasteiger partial charge on any atom is 0.241 e. The molecule has 2 aliphatic heterocycles. The van der Waals surface area contributed by atoms with E-state index in [-0.39, 0.29) is 12.2 Å². The van der Waals surface area contributed by atoms with Gasteiger partial charge in [0, 0.05) is 13.1 Å². The summed E-state index contributed by atoms with van der Waals surface area (Å²) >= 11 is 0. The normalized spacial score (nSPS) is 28.3. The van der Waals surface area contributed by atoms with Crippen molar-refractivity contribution >= 4 is 5.91 Å². The Morgan fingerprint density at radius 2 is 1.80 bits per heavy atom. The quantitative estimate of drug-likeness (QED) is 0.808. The lowest BCUT2D eigenvalue weighted by atomic mass is 10.0. The van der Waals surface area contributed by atoms with Crippen molar-refractivity contribution in [2.75, 3.05) is 26.2 Å². The first-order valence-corrected chi connectivity index (χ1v) is 8.28. The van der Waals surface area contributed by atoms with Gasteiger partial charge in [0.25, 0.3) is 0 Å². The van der Waals surface area contributed by atoms with Crippen LogP contribution in [0.1, 0.15) is 47.0 Å². The van der Waals surface area contributed by atoms with Crippen LogP contribution in [0.4, 0.5) is 0 Å². The van der Waals surface area contributed by atoms with Crippen molar-refractivity contribution in [1.82, 2.24) is 15.1 Å². The van der Waals surface area contributed by atoms with Gasteiger partial charge in [-0.25, -0.2) is 0 Å². The predicted octanol–water partition coefficient (Wildman–Crippen LogP) is 1.91. The van der Waals surface area contributed by atoms with Gasteiger partial charge >= 0.3 is 0 Å². The van der Waals surface area contributed by atoms with E-state index in [2.05, 4.69) is 42.8 Å². The van der Waals surface area contributed by atoms with Gasteiger partial charge in [0.15, 0.2) is 0 Å². The molecule has 2 unspecified atom stereocenters. The molecule has 0 aliphatic carbocycles. The predicted molar refractivity (Wildman–Crippen MR) is 82.4 cm³/mol. The molecule has 0 radical (unpaired) electrons. The summed E-state index contributed by atoms with van der Waals surface area (Å²) in [6, 6.07) is 0.0114. The Kier molecular flexibility index (Phi) is 5.44.